The molecule has 194 valence electrons. The average Bonchev–Trinajstić information content (AvgIpc) is 3.27. The van der Waals surface area contributed by atoms with Gasteiger partial charge < -0.3 is 9.80 Å². The van der Waals surface area contributed by atoms with Crippen molar-refractivity contribution in [1.82, 2.24) is 4.90 Å². The second-order valence-electron chi connectivity index (χ2n) is 10.6. The summed E-state index contributed by atoms with van der Waals surface area (Å²) >= 11 is 0. The summed E-state index contributed by atoms with van der Waals surface area (Å²) in [6.45, 7) is 5.80. The van der Waals surface area contributed by atoms with Crippen molar-refractivity contribution in [3.8, 4) is 0 Å². The first kappa shape index (κ1) is 28.8. The van der Waals surface area contributed by atoms with Crippen molar-refractivity contribution in [3.05, 3.63) is 42.7 Å². The van der Waals surface area contributed by atoms with Gasteiger partial charge in [-0.3, -0.25) is 0 Å². The van der Waals surface area contributed by atoms with Crippen molar-refractivity contribution in [1.29, 1.82) is 0 Å². The van der Waals surface area contributed by atoms with Crippen LogP contribution in [0.1, 0.15) is 142 Å². The Balaban J connectivity index is 1.58. The second-order valence-corrected chi connectivity index (χ2v) is 10.6. The molecule has 1 aromatic rings. The Morgan fingerprint density at radius 2 is 1.00 bits per heavy atom. The largest absolute Gasteiger partial charge is 0.356 e. The van der Waals surface area contributed by atoms with Crippen molar-refractivity contribution in [3.63, 3.8) is 0 Å². The van der Waals surface area contributed by atoms with Crippen LogP contribution < -0.4 is 4.90 Å². The quantitative estimate of drug-likeness (QED) is 0.156. The fourth-order valence-corrected chi connectivity index (χ4v) is 5.32. The highest BCUT2D eigenvalue weighted by Crippen LogP contribution is 2.28. The highest BCUT2D eigenvalue weighted by Gasteiger charge is 2.26. The topological polar surface area (TPSA) is 6.48 Å². The standard InChI is InChI=1S/C32H56N2/c1-3-5-7-9-10-11-12-13-14-15-16-17-18-23-27-32-33(28-24-19-8-6-4-2)29-30-34(32)31-25-21-20-22-26-31/h20-22,25-26,29-30,32H,3-19,23-24,27-28H2,1-2H3. The zero-order chi connectivity index (χ0) is 24.1. The molecule has 0 N–H and O–H groups in total. The van der Waals surface area contributed by atoms with E-state index in [-0.39, 0.29) is 0 Å². The molecule has 1 aliphatic heterocycles. The van der Waals surface area contributed by atoms with E-state index in [1.54, 1.807) is 0 Å². The molecule has 0 aromatic heterocycles. The molecule has 1 heterocycles. The van der Waals surface area contributed by atoms with Crippen LogP contribution in [-0.4, -0.2) is 17.6 Å². The Labute approximate surface area is 213 Å². The maximum absolute atomic E-state index is 2.61. The Kier molecular flexibility index (Phi) is 16.8. The number of hydrogen-bond acceptors (Lipinski definition) is 2. The van der Waals surface area contributed by atoms with E-state index in [1.165, 1.54) is 141 Å². The first-order chi connectivity index (χ1) is 16.9. The van der Waals surface area contributed by atoms with Crippen molar-refractivity contribution in [2.45, 2.75) is 148 Å². The molecule has 0 amide bonds. The van der Waals surface area contributed by atoms with Crippen molar-refractivity contribution in [2.24, 2.45) is 0 Å². The SMILES string of the molecule is CCCCCCCCCCCCCCCCC1N(CCCCCCC)C=CN1c1ccccc1. The van der Waals surface area contributed by atoms with E-state index in [2.05, 4.69) is 66.4 Å². The van der Waals surface area contributed by atoms with Gasteiger partial charge >= 0.3 is 0 Å². The molecule has 2 heteroatoms. The van der Waals surface area contributed by atoms with E-state index in [9.17, 15) is 0 Å². The summed E-state index contributed by atoms with van der Waals surface area (Å²) in [7, 11) is 0. The molecule has 0 radical (unpaired) electrons. The van der Waals surface area contributed by atoms with Gasteiger partial charge in [-0.15, -0.1) is 0 Å². The first-order valence-corrected chi connectivity index (χ1v) is 15.1. The number of unbranched alkanes of at least 4 members (excludes halogenated alkanes) is 17. The molecular formula is C32H56N2. The molecular weight excluding hydrogens is 412 g/mol. The summed E-state index contributed by atoms with van der Waals surface area (Å²) in [4.78, 5) is 5.12. The summed E-state index contributed by atoms with van der Waals surface area (Å²) < 4.78 is 0. The molecule has 0 spiro atoms. The highest BCUT2D eigenvalue weighted by molar-refractivity contribution is 5.51. The zero-order valence-corrected chi connectivity index (χ0v) is 22.9. The van der Waals surface area contributed by atoms with Gasteiger partial charge in [-0.2, -0.15) is 0 Å². The van der Waals surface area contributed by atoms with Crippen LogP contribution in [0.15, 0.2) is 42.7 Å². The van der Waals surface area contributed by atoms with Gasteiger partial charge in [0.25, 0.3) is 0 Å². The Morgan fingerprint density at radius 3 is 1.53 bits per heavy atom. The molecule has 1 aliphatic rings. The van der Waals surface area contributed by atoms with Gasteiger partial charge in [0.05, 0.1) is 0 Å². The lowest BCUT2D eigenvalue weighted by atomic mass is 10.0. The Morgan fingerprint density at radius 1 is 0.529 bits per heavy atom. The van der Waals surface area contributed by atoms with Gasteiger partial charge in [-0.05, 0) is 31.4 Å². The molecule has 0 saturated carbocycles. The van der Waals surface area contributed by atoms with E-state index >= 15 is 0 Å². The van der Waals surface area contributed by atoms with E-state index in [4.69, 9.17) is 0 Å². The molecule has 1 atom stereocenters. The number of nitrogens with zero attached hydrogens (tertiary/aromatic N) is 2. The zero-order valence-electron chi connectivity index (χ0n) is 22.9. The number of anilines is 1. The predicted molar refractivity (Wildman–Crippen MR) is 152 cm³/mol. The molecule has 0 bridgehead atoms. The maximum atomic E-state index is 2.61. The van der Waals surface area contributed by atoms with Crippen molar-refractivity contribution < 1.29 is 0 Å². The summed E-state index contributed by atoms with van der Waals surface area (Å²) in [6, 6.07) is 11.0. The summed E-state index contributed by atoms with van der Waals surface area (Å²) in [5.41, 5.74) is 1.34. The molecule has 1 unspecified atom stereocenters. The number of rotatable bonds is 22. The van der Waals surface area contributed by atoms with Gasteiger partial charge in [-0.1, -0.05) is 141 Å². The molecule has 34 heavy (non-hydrogen) atoms. The monoisotopic (exact) mass is 468 g/mol. The Bertz CT molecular complexity index is 596. The van der Waals surface area contributed by atoms with Crippen LogP contribution in [0.3, 0.4) is 0 Å². The average molecular weight is 469 g/mol. The lowest BCUT2D eigenvalue weighted by Crippen LogP contribution is -2.39. The van der Waals surface area contributed by atoms with E-state index in [0.29, 0.717) is 6.17 Å². The highest BCUT2D eigenvalue weighted by atomic mass is 15.4. The molecule has 2 rings (SSSR count). The maximum Gasteiger partial charge on any atom is 0.105 e. The minimum atomic E-state index is 0.505. The summed E-state index contributed by atoms with van der Waals surface area (Å²) in [5, 5.41) is 0. The Hall–Kier alpha value is -1.44. The van der Waals surface area contributed by atoms with Crippen LogP contribution in [-0.2, 0) is 0 Å². The van der Waals surface area contributed by atoms with Gasteiger partial charge in [0, 0.05) is 24.6 Å². The van der Waals surface area contributed by atoms with E-state index < -0.39 is 0 Å². The predicted octanol–water partition coefficient (Wildman–Crippen LogP) is 10.4. The second kappa shape index (κ2) is 19.8. The van der Waals surface area contributed by atoms with E-state index in [1.807, 2.05) is 0 Å². The van der Waals surface area contributed by atoms with Gasteiger partial charge in [0.15, 0.2) is 0 Å². The van der Waals surface area contributed by atoms with Crippen molar-refractivity contribution in [2.75, 3.05) is 11.4 Å². The first-order valence-electron chi connectivity index (χ1n) is 15.1. The molecule has 0 aliphatic carbocycles. The fourth-order valence-electron chi connectivity index (χ4n) is 5.32. The fraction of sp³-hybridized carbons (Fsp3) is 0.750. The van der Waals surface area contributed by atoms with Gasteiger partial charge in [-0.25, -0.2) is 0 Å². The normalized spacial score (nSPS) is 15.5. The van der Waals surface area contributed by atoms with Crippen LogP contribution in [0.4, 0.5) is 5.69 Å². The minimum absolute atomic E-state index is 0.505. The van der Waals surface area contributed by atoms with Gasteiger partial charge in [0.2, 0.25) is 0 Å². The van der Waals surface area contributed by atoms with E-state index in [0.717, 1.165) is 0 Å². The lowest BCUT2D eigenvalue weighted by Gasteiger charge is -2.33. The van der Waals surface area contributed by atoms with Crippen LogP contribution in [0.5, 0.6) is 0 Å². The lowest BCUT2D eigenvalue weighted by molar-refractivity contribution is 0.273. The van der Waals surface area contributed by atoms with Crippen LogP contribution >= 0.6 is 0 Å². The smallest absolute Gasteiger partial charge is 0.105 e. The summed E-state index contributed by atoms with van der Waals surface area (Å²) in [5.74, 6) is 0. The summed E-state index contributed by atoms with van der Waals surface area (Å²) in [6.07, 6.45) is 33.3. The third-order valence-corrected chi connectivity index (χ3v) is 7.51. The third-order valence-electron chi connectivity index (χ3n) is 7.51. The van der Waals surface area contributed by atoms with Crippen LogP contribution in [0, 0.1) is 0 Å². The molecule has 0 saturated heterocycles. The number of para-hydroxylation sites is 1. The number of hydrogen-bond donors (Lipinski definition) is 0. The van der Waals surface area contributed by atoms with Crippen LogP contribution in [0.2, 0.25) is 0 Å². The third kappa shape index (κ3) is 12.3. The van der Waals surface area contributed by atoms with Crippen LogP contribution in [0.25, 0.3) is 0 Å². The molecule has 2 nitrogen and oxygen atoms in total. The minimum Gasteiger partial charge on any atom is -0.356 e. The van der Waals surface area contributed by atoms with Gasteiger partial charge in [0.1, 0.15) is 6.17 Å². The number of benzene rings is 1. The molecule has 0 fully saturated rings. The van der Waals surface area contributed by atoms with Crippen molar-refractivity contribution >= 4 is 5.69 Å². The molecule has 1 aromatic carbocycles.